The van der Waals surface area contributed by atoms with Gasteiger partial charge in [-0.1, -0.05) is 32.1 Å². The fourth-order valence-corrected chi connectivity index (χ4v) is 3.75. The van der Waals surface area contributed by atoms with E-state index in [2.05, 4.69) is 0 Å². The van der Waals surface area contributed by atoms with E-state index in [1.165, 1.54) is 32.1 Å². The van der Waals surface area contributed by atoms with Crippen molar-refractivity contribution in [2.45, 2.75) is 70.6 Å². The summed E-state index contributed by atoms with van der Waals surface area (Å²) in [5.41, 5.74) is 0. The smallest absolute Gasteiger partial charge is 0.309 e. The molecule has 20 heavy (non-hydrogen) atoms. The predicted octanol–water partition coefficient (Wildman–Crippen LogP) is 4.57. The second-order valence-corrected chi connectivity index (χ2v) is 6.69. The zero-order valence-electron chi connectivity index (χ0n) is 12.4. The minimum absolute atomic E-state index is 0.155. The molecule has 0 bridgehead atoms. The molecular weight excluding hydrogens is 262 g/mol. The van der Waals surface area contributed by atoms with Gasteiger partial charge in [-0.2, -0.15) is 0 Å². The van der Waals surface area contributed by atoms with E-state index >= 15 is 0 Å². The zero-order valence-corrected chi connectivity index (χ0v) is 12.4. The van der Waals surface area contributed by atoms with Gasteiger partial charge in [0.05, 0.1) is 5.92 Å². The molecule has 0 N–H and O–H groups in total. The first-order valence-corrected chi connectivity index (χ1v) is 8.00. The molecule has 0 heterocycles. The maximum absolute atomic E-state index is 12.7. The van der Waals surface area contributed by atoms with Crippen molar-refractivity contribution in [2.75, 3.05) is 6.61 Å². The van der Waals surface area contributed by atoms with Gasteiger partial charge in [0.1, 0.15) is 0 Å². The Labute approximate surface area is 120 Å². The minimum atomic E-state index is -2.92. The Hall–Kier alpha value is -0.670. The van der Waals surface area contributed by atoms with E-state index in [9.17, 15) is 13.6 Å². The van der Waals surface area contributed by atoms with Gasteiger partial charge in [-0.05, 0) is 37.5 Å². The van der Waals surface area contributed by atoms with Crippen LogP contribution in [0.25, 0.3) is 0 Å². The van der Waals surface area contributed by atoms with Gasteiger partial charge in [-0.25, -0.2) is 8.78 Å². The van der Waals surface area contributed by atoms with E-state index in [0.29, 0.717) is 0 Å². The Balaban J connectivity index is 1.71. The number of alkyl halides is 2. The molecule has 2 rings (SSSR count). The number of halogens is 2. The van der Waals surface area contributed by atoms with Crippen LogP contribution >= 0.6 is 0 Å². The Morgan fingerprint density at radius 3 is 2.10 bits per heavy atom. The summed E-state index contributed by atoms with van der Waals surface area (Å²) in [5, 5.41) is 0. The van der Waals surface area contributed by atoms with Crippen molar-refractivity contribution < 1.29 is 18.3 Å². The van der Waals surface area contributed by atoms with Crippen LogP contribution in [0.3, 0.4) is 0 Å². The van der Waals surface area contributed by atoms with E-state index < -0.39 is 18.5 Å². The van der Waals surface area contributed by atoms with Crippen LogP contribution in [0.4, 0.5) is 8.78 Å². The van der Waals surface area contributed by atoms with Crippen molar-refractivity contribution in [1.82, 2.24) is 0 Å². The number of ether oxygens (including phenoxy) is 1. The molecule has 0 saturated heterocycles. The molecular formula is C16H26F2O2. The fourth-order valence-electron chi connectivity index (χ4n) is 3.75. The number of hydrogen-bond acceptors (Lipinski definition) is 2. The van der Waals surface area contributed by atoms with Crippen molar-refractivity contribution in [3.63, 3.8) is 0 Å². The third-order valence-electron chi connectivity index (χ3n) is 4.89. The molecule has 0 amide bonds. The number of carbonyl (C=O) groups excluding carboxylic acids is 1. The van der Waals surface area contributed by atoms with Crippen LogP contribution in [-0.2, 0) is 9.53 Å². The van der Waals surface area contributed by atoms with Crippen molar-refractivity contribution >= 4 is 5.97 Å². The molecule has 0 radical (unpaired) electrons. The topological polar surface area (TPSA) is 26.3 Å². The van der Waals surface area contributed by atoms with Gasteiger partial charge in [0.2, 0.25) is 0 Å². The van der Waals surface area contributed by atoms with Gasteiger partial charge in [-0.3, -0.25) is 4.79 Å². The minimum Gasteiger partial charge on any atom is -0.459 e. The summed E-state index contributed by atoms with van der Waals surface area (Å²) in [7, 11) is 0. The Morgan fingerprint density at radius 2 is 1.55 bits per heavy atom. The van der Waals surface area contributed by atoms with Gasteiger partial charge >= 0.3 is 5.97 Å². The monoisotopic (exact) mass is 288 g/mol. The maximum Gasteiger partial charge on any atom is 0.309 e. The lowest BCUT2D eigenvalue weighted by Crippen LogP contribution is -2.30. The van der Waals surface area contributed by atoms with Crippen LogP contribution in [0.15, 0.2) is 0 Å². The van der Waals surface area contributed by atoms with Gasteiger partial charge in [0, 0.05) is 6.92 Å². The van der Waals surface area contributed by atoms with Crippen LogP contribution < -0.4 is 0 Å². The molecule has 2 aliphatic carbocycles. The quantitative estimate of drug-likeness (QED) is 0.708. The second kappa shape index (κ2) is 6.86. The first-order valence-electron chi connectivity index (χ1n) is 8.00. The molecule has 0 atom stereocenters. The fraction of sp³-hybridized carbons (Fsp3) is 0.938. The van der Waals surface area contributed by atoms with Crippen molar-refractivity contribution in [3.05, 3.63) is 0 Å². The zero-order chi connectivity index (χ0) is 14.6. The lowest BCUT2D eigenvalue weighted by atomic mass is 9.71. The molecule has 0 unspecified atom stereocenters. The van der Waals surface area contributed by atoms with Crippen LogP contribution in [-0.4, -0.2) is 18.5 Å². The molecule has 2 aliphatic rings. The highest BCUT2D eigenvalue weighted by atomic mass is 19.3. The van der Waals surface area contributed by atoms with Crippen LogP contribution in [0, 0.1) is 17.8 Å². The summed E-state index contributed by atoms with van der Waals surface area (Å²) in [6.45, 7) is -0.00531. The van der Waals surface area contributed by atoms with Crippen LogP contribution in [0.2, 0.25) is 0 Å². The van der Waals surface area contributed by atoms with Crippen LogP contribution in [0.5, 0.6) is 0 Å². The summed E-state index contributed by atoms with van der Waals surface area (Å²) in [6, 6.07) is 0. The summed E-state index contributed by atoms with van der Waals surface area (Å²) in [6.07, 6.45) is 10.5. The largest absolute Gasteiger partial charge is 0.459 e. The summed E-state index contributed by atoms with van der Waals surface area (Å²) >= 11 is 0. The van der Waals surface area contributed by atoms with Crippen molar-refractivity contribution in [2.24, 2.45) is 17.8 Å². The number of hydrogen-bond donors (Lipinski definition) is 0. The van der Waals surface area contributed by atoms with E-state index in [1.54, 1.807) is 0 Å². The van der Waals surface area contributed by atoms with Gasteiger partial charge in [-0.15, -0.1) is 0 Å². The highest BCUT2D eigenvalue weighted by molar-refractivity contribution is 5.72. The first kappa shape index (κ1) is 15.7. The molecule has 4 heteroatoms. The number of carbonyl (C=O) groups is 1. The standard InChI is InChI=1S/C16H26F2O2/c1-16(17,18)11-20-15(19)14-9-7-13(8-10-14)12-5-3-2-4-6-12/h12-14H,2-11H2,1H3. The predicted molar refractivity (Wildman–Crippen MR) is 73.6 cm³/mol. The summed E-state index contributed by atoms with van der Waals surface area (Å²) in [4.78, 5) is 11.8. The van der Waals surface area contributed by atoms with Crippen LogP contribution in [0.1, 0.15) is 64.7 Å². The molecule has 0 aromatic rings. The molecule has 0 spiro atoms. The Bertz CT molecular complexity index is 311. The lowest BCUT2D eigenvalue weighted by Gasteiger charge is -2.35. The molecule has 0 aromatic heterocycles. The SMILES string of the molecule is CC(F)(F)COC(=O)C1CCC(C2CCCCC2)CC1. The number of esters is 1. The van der Waals surface area contributed by atoms with E-state index in [1.807, 2.05) is 0 Å². The first-order chi connectivity index (χ1) is 9.46. The average molecular weight is 288 g/mol. The molecule has 2 fully saturated rings. The van der Waals surface area contributed by atoms with Gasteiger partial charge < -0.3 is 4.74 Å². The second-order valence-electron chi connectivity index (χ2n) is 6.69. The Kier molecular flexibility index (Phi) is 5.39. The average Bonchev–Trinajstić information content (AvgIpc) is 2.45. The van der Waals surface area contributed by atoms with E-state index in [0.717, 1.165) is 44.4 Å². The van der Waals surface area contributed by atoms with Gasteiger partial charge in [0.25, 0.3) is 5.92 Å². The van der Waals surface area contributed by atoms with Crippen molar-refractivity contribution in [1.29, 1.82) is 0 Å². The maximum atomic E-state index is 12.7. The highest BCUT2D eigenvalue weighted by Crippen LogP contribution is 2.40. The normalized spacial score (nSPS) is 29.1. The summed E-state index contributed by atoms with van der Waals surface area (Å²) < 4.78 is 30.1. The number of rotatable bonds is 4. The Morgan fingerprint density at radius 1 is 1.00 bits per heavy atom. The van der Waals surface area contributed by atoms with Crippen molar-refractivity contribution in [3.8, 4) is 0 Å². The molecule has 2 saturated carbocycles. The highest BCUT2D eigenvalue weighted by Gasteiger charge is 2.33. The third-order valence-corrected chi connectivity index (χ3v) is 4.89. The molecule has 116 valence electrons. The summed E-state index contributed by atoms with van der Waals surface area (Å²) in [5.74, 6) is -1.92. The lowest BCUT2D eigenvalue weighted by molar-refractivity contribution is -0.160. The van der Waals surface area contributed by atoms with E-state index in [4.69, 9.17) is 4.74 Å². The molecule has 2 nitrogen and oxygen atoms in total. The molecule has 0 aliphatic heterocycles. The van der Waals surface area contributed by atoms with Gasteiger partial charge in [0.15, 0.2) is 6.61 Å². The van der Waals surface area contributed by atoms with E-state index in [-0.39, 0.29) is 5.92 Å². The molecule has 0 aromatic carbocycles. The third kappa shape index (κ3) is 4.71.